The molecule has 2 heterocycles. The number of amides is 1. The Morgan fingerprint density at radius 2 is 1.97 bits per heavy atom. The number of thioether (sulfide) groups is 1. The summed E-state index contributed by atoms with van der Waals surface area (Å²) in [7, 11) is 0. The minimum Gasteiger partial charge on any atom is -0.494 e. The van der Waals surface area contributed by atoms with Crippen molar-refractivity contribution in [2.45, 2.75) is 37.5 Å². The number of benzene rings is 2. The third kappa shape index (κ3) is 5.71. The van der Waals surface area contributed by atoms with Gasteiger partial charge in [-0.2, -0.15) is 18.3 Å². The van der Waals surface area contributed by atoms with Crippen LogP contribution in [0.2, 0.25) is 0 Å². The maximum atomic E-state index is 13.7. The van der Waals surface area contributed by atoms with Gasteiger partial charge in [-0.1, -0.05) is 30.0 Å². The van der Waals surface area contributed by atoms with Gasteiger partial charge in [-0.3, -0.25) is 14.2 Å². The highest BCUT2D eigenvalue weighted by molar-refractivity contribution is 7.99. The second-order valence-electron chi connectivity index (χ2n) is 8.67. The maximum Gasteiger partial charge on any atom is 0.417 e. The van der Waals surface area contributed by atoms with Crippen molar-refractivity contribution in [2.75, 3.05) is 12.4 Å². The van der Waals surface area contributed by atoms with Gasteiger partial charge >= 0.3 is 6.18 Å². The molecule has 39 heavy (non-hydrogen) atoms. The predicted octanol–water partition coefficient (Wildman–Crippen LogP) is 5.60. The van der Waals surface area contributed by atoms with E-state index in [2.05, 4.69) is 10.5 Å². The van der Waals surface area contributed by atoms with Gasteiger partial charge in [0.05, 0.1) is 35.2 Å². The molecule has 0 unspecified atom stereocenters. The molecule has 0 spiro atoms. The van der Waals surface area contributed by atoms with Crippen molar-refractivity contribution in [3.05, 3.63) is 80.5 Å². The zero-order valence-electron chi connectivity index (χ0n) is 20.7. The molecule has 2 aromatic carbocycles. The number of hydrogen-bond donors (Lipinski definition) is 1. The van der Waals surface area contributed by atoms with Crippen LogP contribution in [0.25, 0.3) is 15.9 Å². The van der Waals surface area contributed by atoms with E-state index in [0.717, 1.165) is 48.9 Å². The molecule has 0 saturated carbocycles. The van der Waals surface area contributed by atoms with Crippen LogP contribution >= 0.6 is 23.1 Å². The second-order valence-corrected chi connectivity index (χ2v) is 10.7. The van der Waals surface area contributed by atoms with E-state index in [1.807, 2.05) is 6.92 Å². The zero-order valence-corrected chi connectivity index (χ0v) is 22.4. The van der Waals surface area contributed by atoms with E-state index in [1.165, 1.54) is 39.0 Å². The highest BCUT2D eigenvalue weighted by atomic mass is 32.2. The van der Waals surface area contributed by atoms with Gasteiger partial charge in [-0.25, -0.2) is 10.4 Å². The summed E-state index contributed by atoms with van der Waals surface area (Å²) in [5.74, 6) is -0.0430. The average molecular weight is 573 g/mol. The van der Waals surface area contributed by atoms with Crippen LogP contribution in [-0.4, -0.2) is 34.0 Å². The minimum absolute atomic E-state index is 0.154. The van der Waals surface area contributed by atoms with Gasteiger partial charge in [0, 0.05) is 10.4 Å². The molecule has 12 heteroatoms. The van der Waals surface area contributed by atoms with Crippen molar-refractivity contribution in [1.29, 1.82) is 0 Å². The first kappa shape index (κ1) is 26.9. The molecule has 1 amide bonds. The summed E-state index contributed by atoms with van der Waals surface area (Å²) in [6, 6.07) is 12.0. The van der Waals surface area contributed by atoms with Crippen molar-refractivity contribution in [3.8, 4) is 11.4 Å². The molecule has 0 aliphatic heterocycles. The molecular formula is C27H23F3N4O3S2. The largest absolute Gasteiger partial charge is 0.494 e. The standard InChI is InChI=1S/C27H23F3N4O3S2/c1-2-37-18-12-10-17(11-13-18)34-25(36)23-19-7-5-9-21(19)39-24(23)32-26(34)38-15-22(35)33-31-14-16-6-3-4-8-20(16)27(28,29)30/h3-4,6,8,10-14H,2,5,7,9,15H2,1H3,(H,33,35). The van der Waals surface area contributed by atoms with Crippen LogP contribution in [0, 0.1) is 0 Å². The maximum absolute atomic E-state index is 13.7. The molecule has 0 atom stereocenters. The molecule has 2 aromatic heterocycles. The highest BCUT2D eigenvalue weighted by Crippen LogP contribution is 2.36. The Hall–Kier alpha value is -3.64. The van der Waals surface area contributed by atoms with Gasteiger partial charge in [0.25, 0.3) is 11.5 Å². The van der Waals surface area contributed by atoms with E-state index < -0.39 is 17.6 Å². The van der Waals surface area contributed by atoms with Gasteiger partial charge in [0.2, 0.25) is 0 Å². The number of hydrazone groups is 1. The third-order valence-electron chi connectivity index (χ3n) is 6.11. The number of ether oxygens (including phenoxy) is 1. The van der Waals surface area contributed by atoms with Crippen molar-refractivity contribution in [1.82, 2.24) is 15.0 Å². The van der Waals surface area contributed by atoms with Crippen LogP contribution < -0.4 is 15.7 Å². The molecule has 4 aromatic rings. The molecular weight excluding hydrogens is 549 g/mol. The van der Waals surface area contributed by atoms with Gasteiger partial charge in [0.15, 0.2) is 5.16 Å². The number of nitrogens with one attached hydrogen (secondary N) is 1. The Bertz CT molecular complexity index is 1610. The molecule has 1 aliphatic carbocycles. The number of fused-ring (bicyclic) bond motifs is 3. The summed E-state index contributed by atoms with van der Waals surface area (Å²) in [6.07, 6.45) is -0.832. The fourth-order valence-corrected chi connectivity index (χ4v) is 6.52. The summed E-state index contributed by atoms with van der Waals surface area (Å²) in [6.45, 7) is 2.39. The Morgan fingerprint density at radius 1 is 1.21 bits per heavy atom. The van der Waals surface area contributed by atoms with E-state index in [1.54, 1.807) is 24.3 Å². The first-order chi connectivity index (χ1) is 18.8. The monoisotopic (exact) mass is 572 g/mol. The number of alkyl halides is 3. The van der Waals surface area contributed by atoms with Crippen LogP contribution in [0.15, 0.2) is 63.6 Å². The van der Waals surface area contributed by atoms with Crippen LogP contribution in [-0.2, 0) is 23.8 Å². The molecule has 1 N–H and O–H groups in total. The van der Waals surface area contributed by atoms with Crippen molar-refractivity contribution >= 4 is 45.4 Å². The van der Waals surface area contributed by atoms with E-state index >= 15 is 0 Å². The Balaban J connectivity index is 1.40. The number of aryl methyl sites for hydroxylation is 2. The van der Waals surface area contributed by atoms with Gasteiger partial charge in [0.1, 0.15) is 10.6 Å². The number of halogens is 3. The molecule has 7 nitrogen and oxygen atoms in total. The van der Waals surface area contributed by atoms with Crippen LogP contribution in [0.4, 0.5) is 13.2 Å². The quantitative estimate of drug-likeness (QED) is 0.129. The Morgan fingerprint density at radius 3 is 2.72 bits per heavy atom. The van der Waals surface area contributed by atoms with Crippen molar-refractivity contribution in [3.63, 3.8) is 0 Å². The van der Waals surface area contributed by atoms with Gasteiger partial charge in [-0.05, 0) is 62.1 Å². The summed E-state index contributed by atoms with van der Waals surface area (Å²) < 4.78 is 46.6. The molecule has 5 rings (SSSR count). The lowest BCUT2D eigenvalue weighted by Crippen LogP contribution is -2.24. The summed E-state index contributed by atoms with van der Waals surface area (Å²) in [5, 5.41) is 4.64. The minimum atomic E-state index is -4.54. The molecule has 202 valence electrons. The third-order valence-corrected chi connectivity index (χ3v) is 8.23. The molecule has 1 aliphatic rings. The lowest BCUT2D eigenvalue weighted by atomic mass is 10.1. The predicted molar refractivity (Wildman–Crippen MR) is 146 cm³/mol. The Labute approximate surface area is 229 Å². The van der Waals surface area contributed by atoms with Crippen LogP contribution in [0.3, 0.4) is 0 Å². The first-order valence-electron chi connectivity index (χ1n) is 12.2. The number of thiophene rings is 1. The van der Waals surface area contributed by atoms with Crippen molar-refractivity contribution < 1.29 is 22.7 Å². The topological polar surface area (TPSA) is 85.6 Å². The second kappa shape index (κ2) is 11.2. The number of rotatable bonds is 8. The molecule has 0 saturated heterocycles. The fourth-order valence-electron chi connectivity index (χ4n) is 4.41. The highest BCUT2D eigenvalue weighted by Gasteiger charge is 2.32. The first-order valence-corrected chi connectivity index (χ1v) is 14.0. The molecule has 0 radical (unpaired) electrons. The van der Waals surface area contributed by atoms with Crippen LogP contribution in [0.5, 0.6) is 5.75 Å². The Kier molecular flexibility index (Phi) is 7.76. The van der Waals surface area contributed by atoms with Crippen molar-refractivity contribution in [2.24, 2.45) is 5.10 Å². The summed E-state index contributed by atoms with van der Waals surface area (Å²) >= 11 is 2.55. The number of aromatic nitrogens is 2. The SMILES string of the molecule is CCOc1ccc(-n2c(SCC(=O)NN=Cc3ccccc3C(F)(F)F)nc3sc4c(c3c2=O)CCC4)cc1. The molecule has 0 bridgehead atoms. The van der Waals surface area contributed by atoms with E-state index in [9.17, 15) is 22.8 Å². The van der Waals surface area contributed by atoms with E-state index in [0.29, 0.717) is 33.4 Å². The summed E-state index contributed by atoms with van der Waals surface area (Å²) in [5.41, 5.74) is 2.67. The average Bonchev–Trinajstić information content (AvgIpc) is 3.49. The lowest BCUT2D eigenvalue weighted by molar-refractivity contribution is -0.137. The van der Waals surface area contributed by atoms with E-state index in [4.69, 9.17) is 9.72 Å². The number of carbonyl (C=O) groups excluding carboxylic acids is 1. The smallest absolute Gasteiger partial charge is 0.417 e. The fraction of sp³-hybridized carbons (Fsp3) is 0.259. The van der Waals surface area contributed by atoms with Gasteiger partial charge in [-0.15, -0.1) is 11.3 Å². The lowest BCUT2D eigenvalue weighted by Gasteiger charge is -2.13. The molecule has 0 fully saturated rings. The van der Waals surface area contributed by atoms with E-state index in [-0.39, 0.29) is 16.9 Å². The number of nitrogens with zero attached hydrogens (tertiary/aromatic N) is 3. The van der Waals surface area contributed by atoms with Gasteiger partial charge < -0.3 is 4.74 Å². The zero-order chi connectivity index (χ0) is 27.6. The number of carbonyl (C=O) groups is 1. The van der Waals surface area contributed by atoms with Crippen LogP contribution in [0.1, 0.15) is 34.9 Å². The normalized spacial score (nSPS) is 13.2. The number of hydrogen-bond acceptors (Lipinski definition) is 7. The summed E-state index contributed by atoms with van der Waals surface area (Å²) in [4.78, 5) is 32.8.